The number of rotatable bonds is 2. The monoisotopic (exact) mass is 161 g/mol. The summed E-state index contributed by atoms with van der Waals surface area (Å²) in [5.41, 5.74) is 0. The summed E-state index contributed by atoms with van der Waals surface area (Å²) in [7, 11) is 0. The standard InChI is InChI=1S/C5H12AsN/c1-4(2)5(3)7-6/h4-5,7H,1-3H3. The Labute approximate surface area is 54.6 Å². The van der Waals surface area contributed by atoms with E-state index in [4.69, 9.17) is 0 Å². The van der Waals surface area contributed by atoms with Crippen LogP contribution in [-0.2, 0) is 0 Å². The number of hydrogen-bond donors (Lipinski definition) is 1. The quantitative estimate of drug-likeness (QED) is 0.588. The van der Waals surface area contributed by atoms with E-state index in [1.807, 2.05) is 0 Å². The first kappa shape index (κ1) is 7.52. The summed E-state index contributed by atoms with van der Waals surface area (Å²) in [5, 5.41) is 0. The first-order valence-electron chi connectivity index (χ1n) is 2.58. The van der Waals surface area contributed by atoms with E-state index in [1.165, 1.54) is 0 Å². The maximum atomic E-state index is 3.10. The fourth-order valence-electron chi connectivity index (χ4n) is 0.149. The Balaban J connectivity index is 3.14. The molecule has 1 atom stereocenters. The molecule has 0 aromatic rings. The summed E-state index contributed by atoms with van der Waals surface area (Å²) in [4.78, 5) is 0. The van der Waals surface area contributed by atoms with E-state index in [1.54, 1.807) is 0 Å². The Morgan fingerprint density at radius 1 is 1.29 bits per heavy atom. The number of nitrogens with one attached hydrogen (secondary N) is 1. The van der Waals surface area contributed by atoms with Gasteiger partial charge in [0.25, 0.3) is 0 Å². The minimum atomic E-state index is 0.625. The Morgan fingerprint density at radius 3 is 1.71 bits per heavy atom. The Bertz CT molecular complexity index is 45.3. The third-order valence-electron chi connectivity index (χ3n) is 1.20. The van der Waals surface area contributed by atoms with E-state index in [0.29, 0.717) is 6.04 Å². The van der Waals surface area contributed by atoms with Crippen LogP contribution in [0.4, 0.5) is 0 Å². The SMILES string of the molecule is CC(C)C(C)N[As]. The van der Waals surface area contributed by atoms with Crippen molar-refractivity contribution in [1.29, 1.82) is 0 Å². The topological polar surface area (TPSA) is 12.0 Å². The van der Waals surface area contributed by atoms with Gasteiger partial charge in [0.1, 0.15) is 0 Å². The van der Waals surface area contributed by atoms with Gasteiger partial charge in [-0.1, -0.05) is 0 Å². The van der Waals surface area contributed by atoms with E-state index < -0.39 is 0 Å². The van der Waals surface area contributed by atoms with Crippen molar-refractivity contribution in [3.05, 3.63) is 0 Å². The van der Waals surface area contributed by atoms with Crippen LogP contribution < -0.4 is 4.23 Å². The van der Waals surface area contributed by atoms with Crippen LogP contribution in [0.25, 0.3) is 0 Å². The minimum absolute atomic E-state index is 0.625. The Hall–Kier alpha value is 0.518. The zero-order valence-electron chi connectivity index (χ0n) is 5.10. The molecule has 2 radical (unpaired) electrons. The van der Waals surface area contributed by atoms with Crippen molar-refractivity contribution < 1.29 is 0 Å². The van der Waals surface area contributed by atoms with Crippen LogP contribution in [0, 0.1) is 5.92 Å². The second kappa shape index (κ2) is 3.51. The van der Waals surface area contributed by atoms with Crippen molar-refractivity contribution >= 4 is 17.1 Å². The molecule has 0 aliphatic rings. The summed E-state index contributed by atoms with van der Waals surface area (Å²) in [6, 6.07) is 0.625. The number of hydrogen-bond acceptors (Lipinski definition) is 1. The van der Waals surface area contributed by atoms with Gasteiger partial charge in [0, 0.05) is 0 Å². The van der Waals surface area contributed by atoms with Crippen LogP contribution in [0.5, 0.6) is 0 Å². The molecule has 0 rings (SSSR count). The van der Waals surface area contributed by atoms with Crippen molar-refractivity contribution in [2.75, 3.05) is 0 Å². The average Bonchev–Trinajstić information content (AvgIpc) is 1.65. The summed E-state index contributed by atoms with van der Waals surface area (Å²) in [6.07, 6.45) is 0. The van der Waals surface area contributed by atoms with Gasteiger partial charge in [0.15, 0.2) is 0 Å². The molecule has 0 spiro atoms. The third-order valence-corrected chi connectivity index (χ3v) is 2.06. The predicted molar refractivity (Wildman–Crippen MR) is 33.2 cm³/mol. The van der Waals surface area contributed by atoms with Crippen molar-refractivity contribution in [3.8, 4) is 0 Å². The van der Waals surface area contributed by atoms with Gasteiger partial charge < -0.3 is 0 Å². The van der Waals surface area contributed by atoms with Gasteiger partial charge in [-0.3, -0.25) is 0 Å². The zero-order chi connectivity index (χ0) is 5.86. The molecule has 0 aromatic carbocycles. The Kier molecular flexibility index (Phi) is 3.77. The van der Waals surface area contributed by atoms with Crippen LogP contribution in [0.2, 0.25) is 0 Å². The molecular weight excluding hydrogens is 149 g/mol. The molecule has 2 heteroatoms. The third kappa shape index (κ3) is 3.13. The second-order valence-electron chi connectivity index (χ2n) is 2.16. The van der Waals surface area contributed by atoms with E-state index in [9.17, 15) is 0 Å². The molecule has 1 N–H and O–H groups in total. The molecule has 0 saturated carbocycles. The van der Waals surface area contributed by atoms with Crippen molar-refractivity contribution in [3.63, 3.8) is 0 Å². The predicted octanol–water partition coefficient (Wildman–Crippen LogP) is 0.704. The summed E-state index contributed by atoms with van der Waals surface area (Å²) in [5.74, 6) is 0.739. The second-order valence-corrected chi connectivity index (χ2v) is 2.70. The van der Waals surface area contributed by atoms with Crippen molar-refractivity contribution in [2.45, 2.75) is 26.8 Å². The van der Waals surface area contributed by atoms with Gasteiger partial charge >= 0.3 is 54.0 Å². The van der Waals surface area contributed by atoms with Crippen LogP contribution in [0.15, 0.2) is 0 Å². The fraction of sp³-hybridized carbons (Fsp3) is 1.00. The molecule has 0 aliphatic carbocycles. The van der Waals surface area contributed by atoms with Gasteiger partial charge in [-0.25, -0.2) is 0 Å². The van der Waals surface area contributed by atoms with E-state index in [0.717, 1.165) is 5.92 Å². The molecule has 1 unspecified atom stereocenters. The van der Waals surface area contributed by atoms with Crippen LogP contribution in [0.3, 0.4) is 0 Å². The molecule has 0 aliphatic heterocycles. The molecular formula is C5H12AsN. The first-order valence-corrected chi connectivity index (χ1v) is 3.52. The van der Waals surface area contributed by atoms with Crippen LogP contribution in [0.1, 0.15) is 20.8 Å². The summed E-state index contributed by atoms with van der Waals surface area (Å²) >= 11 is 2.38. The molecule has 0 bridgehead atoms. The van der Waals surface area contributed by atoms with Gasteiger partial charge in [0.05, 0.1) is 0 Å². The van der Waals surface area contributed by atoms with E-state index >= 15 is 0 Å². The molecule has 0 amide bonds. The summed E-state index contributed by atoms with van der Waals surface area (Å²) in [6.45, 7) is 6.57. The van der Waals surface area contributed by atoms with Gasteiger partial charge in [-0.05, 0) is 0 Å². The Morgan fingerprint density at radius 2 is 1.71 bits per heavy atom. The molecule has 0 fully saturated rings. The van der Waals surface area contributed by atoms with Gasteiger partial charge in [-0.2, -0.15) is 0 Å². The fourth-order valence-corrected chi connectivity index (χ4v) is 0.775. The van der Waals surface area contributed by atoms with Crippen molar-refractivity contribution in [2.24, 2.45) is 5.92 Å². The molecule has 0 saturated heterocycles. The van der Waals surface area contributed by atoms with Gasteiger partial charge in [0.2, 0.25) is 0 Å². The van der Waals surface area contributed by atoms with Gasteiger partial charge in [-0.15, -0.1) is 0 Å². The maximum absolute atomic E-state index is 3.10. The molecule has 0 aromatic heterocycles. The summed E-state index contributed by atoms with van der Waals surface area (Å²) < 4.78 is 3.10. The van der Waals surface area contributed by atoms with E-state index in [-0.39, 0.29) is 0 Å². The molecule has 1 nitrogen and oxygen atoms in total. The first-order chi connectivity index (χ1) is 3.18. The molecule has 0 heterocycles. The van der Waals surface area contributed by atoms with Crippen molar-refractivity contribution in [1.82, 2.24) is 4.23 Å². The van der Waals surface area contributed by atoms with E-state index in [2.05, 4.69) is 42.1 Å². The zero-order valence-corrected chi connectivity index (χ0v) is 6.98. The molecule has 7 heavy (non-hydrogen) atoms. The normalized spacial score (nSPS) is 15.0. The average molecular weight is 161 g/mol. The van der Waals surface area contributed by atoms with Crippen LogP contribution >= 0.6 is 0 Å². The molecule has 42 valence electrons. The van der Waals surface area contributed by atoms with Crippen LogP contribution in [-0.4, -0.2) is 23.1 Å².